The highest BCUT2D eigenvalue weighted by Crippen LogP contribution is 2.22. The zero-order chi connectivity index (χ0) is 13.3. The number of hydrogen-bond donors (Lipinski definition) is 2. The molecule has 1 aromatic heterocycles. The van der Waals surface area contributed by atoms with Crippen LogP contribution in [0.4, 0.5) is 10.8 Å². The van der Waals surface area contributed by atoms with Crippen LogP contribution >= 0.6 is 11.3 Å². The van der Waals surface area contributed by atoms with Crippen LogP contribution in [0.5, 0.6) is 0 Å². The number of nitrogens with one attached hydrogen (secondary N) is 1. The molecule has 0 aliphatic rings. The number of rotatable bonds is 2. The number of aromatic nitrogens is 1. The summed E-state index contributed by atoms with van der Waals surface area (Å²) in [5, 5.41) is 3.28. The maximum Gasteiger partial charge on any atom is 0.267 e. The highest BCUT2D eigenvalue weighted by atomic mass is 32.1. The van der Waals surface area contributed by atoms with Gasteiger partial charge >= 0.3 is 0 Å². The second kappa shape index (κ2) is 4.78. The third-order valence-electron chi connectivity index (χ3n) is 2.50. The number of hydrogen-bond acceptors (Lipinski definition) is 4. The Kier molecular flexibility index (Phi) is 3.34. The van der Waals surface area contributed by atoms with Crippen LogP contribution in [0.25, 0.3) is 0 Å². The van der Waals surface area contributed by atoms with Crippen molar-refractivity contribution in [1.29, 1.82) is 0 Å². The average molecular weight is 261 g/mol. The van der Waals surface area contributed by atoms with E-state index in [1.54, 1.807) is 6.92 Å². The Hall–Kier alpha value is -1.88. The molecule has 5 heteroatoms. The first kappa shape index (κ1) is 12.6. The molecule has 1 heterocycles. The average Bonchev–Trinajstić information content (AvgIpc) is 2.56. The van der Waals surface area contributed by atoms with Crippen molar-refractivity contribution < 1.29 is 4.79 Å². The molecule has 2 aromatic rings. The van der Waals surface area contributed by atoms with E-state index in [1.807, 2.05) is 26.0 Å². The summed E-state index contributed by atoms with van der Waals surface area (Å²) in [7, 11) is 0. The van der Waals surface area contributed by atoms with E-state index in [0.29, 0.717) is 15.7 Å². The molecule has 1 amide bonds. The first-order chi connectivity index (χ1) is 8.45. The van der Waals surface area contributed by atoms with Gasteiger partial charge in [-0.05, 0) is 44.0 Å². The molecule has 0 aliphatic heterocycles. The summed E-state index contributed by atoms with van der Waals surface area (Å²) in [6.07, 6.45) is 0. The number of anilines is 2. The topological polar surface area (TPSA) is 68.0 Å². The van der Waals surface area contributed by atoms with Crippen LogP contribution in [0.2, 0.25) is 0 Å². The van der Waals surface area contributed by atoms with Crippen LogP contribution in [0.15, 0.2) is 18.2 Å². The molecule has 0 fully saturated rings. The minimum absolute atomic E-state index is 0.160. The molecule has 0 spiro atoms. The maximum atomic E-state index is 12.1. The molecule has 0 saturated heterocycles. The fraction of sp³-hybridized carbons (Fsp3) is 0.231. The zero-order valence-electron chi connectivity index (χ0n) is 10.6. The summed E-state index contributed by atoms with van der Waals surface area (Å²) in [6, 6.07) is 5.93. The minimum atomic E-state index is -0.160. The van der Waals surface area contributed by atoms with E-state index in [2.05, 4.69) is 16.4 Å². The van der Waals surface area contributed by atoms with Gasteiger partial charge in [0, 0.05) is 5.69 Å². The molecule has 18 heavy (non-hydrogen) atoms. The molecule has 4 nitrogen and oxygen atoms in total. The summed E-state index contributed by atoms with van der Waals surface area (Å²) in [5.41, 5.74) is 9.28. The van der Waals surface area contributed by atoms with Gasteiger partial charge in [0.2, 0.25) is 0 Å². The van der Waals surface area contributed by atoms with Gasteiger partial charge in [-0.15, -0.1) is 0 Å². The summed E-state index contributed by atoms with van der Waals surface area (Å²) < 4.78 is 0. The maximum absolute atomic E-state index is 12.1. The molecular weight excluding hydrogens is 246 g/mol. The van der Waals surface area contributed by atoms with Gasteiger partial charge in [0.1, 0.15) is 4.88 Å². The molecule has 0 saturated carbocycles. The normalized spacial score (nSPS) is 10.4. The highest BCUT2D eigenvalue weighted by Gasteiger charge is 2.14. The van der Waals surface area contributed by atoms with Gasteiger partial charge in [0.25, 0.3) is 5.91 Å². The second-order valence-corrected chi connectivity index (χ2v) is 5.33. The number of carbonyl (C=O) groups is 1. The van der Waals surface area contributed by atoms with Gasteiger partial charge in [-0.3, -0.25) is 4.79 Å². The predicted molar refractivity (Wildman–Crippen MR) is 75.1 cm³/mol. The van der Waals surface area contributed by atoms with E-state index < -0.39 is 0 Å². The Morgan fingerprint density at radius 2 is 1.83 bits per heavy atom. The van der Waals surface area contributed by atoms with E-state index >= 15 is 0 Å². The van der Waals surface area contributed by atoms with Crippen LogP contribution < -0.4 is 11.1 Å². The van der Waals surface area contributed by atoms with Crippen LogP contribution in [0.1, 0.15) is 26.5 Å². The van der Waals surface area contributed by atoms with Crippen molar-refractivity contribution in [2.24, 2.45) is 0 Å². The lowest BCUT2D eigenvalue weighted by Crippen LogP contribution is -2.11. The Morgan fingerprint density at radius 3 is 2.33 bits per heavy atom. The van der Waals surface area contributed by atoms with Gasteiger partial charge in [0.15, 0.2) is 5.13 Å². The van der Waals surface area contributed by atoms with Gasteiger partial charge in [0.05, 0.1) is 5.69 Å². The lowest BCUT2D eigenvalue weighted by atomic mass is 10.1. The predicted octanol–water partition coefficient (Wildman–Crippen LogP) is 2.90. The van der Waals surface area contributed by atoms with Crippen molar-refractivity contribution in [3.63, 3.8) is 0 Å². The smallest absolute Gasteiger partial charge is 0.267 e. The first-order valence-electron chi connectivity index (χ1n) is 5.58. The fourth-order valence-corrected chi connectivity index (χ4v) is 2.59. The Morgan fingerprint density at radius 1 is 1.22 bits per heavy atom. The first-order valence-corrected chi connectivity index (χ1v) is 6.40. The van der Waals surface area contributed by atoms with E-state index in [1.165, 1.54) is 11.3 Å². The molecule has 0 bridgehead atoms. The van der Waals surface area contributed by atoms with Crippen LogP contribution in [0.3, 0.4) is 0 Å². The molecule has 3 N–H and O–H groups in total. The third kappa shape index (κ3) is 2.68. The van der Waals surface area contributed by atoms with E-state index in [-0.39, 0.29) is 5.91 Å². The summed E-state index contributed by atoms with van der Waals surface area (Å²) >= 11 is 1.20. The molecule has 2 rings (SSSR count). The lowest BCUT2D eigenvalue weighted by Gasteiger charge is -2.06. The number of nitrogens with zero attached hydrogens (tertiary/aromatic N) is 1. The van der Waals surface area contributed by atoms with E-state index in [9.17, 15) is 4.79 Å². The summed E-state index contributed by atoms with van der Waals surface area (Å²) in [6.45, 7) is 5.78. The van der Waals surface area contributed by atoms with Gasteiger partial charge in [-0.1, -0.05) is 17.4 Å². The molecule has 0 atom stereocenters. The van der Waals surface area contributed by atoms with Crippen LogP contribution in [-0.2, 0) is 0 Å². The van der Waals surface area contributed by atoms with Crippen molar-refractivity contribution in [1.82, 2.24) is 4.98 Å². The number of benzene rings is 1. The van der Waals surface area contributed by atoms with Crippen molar-refractivity contribution in [2.45, 2.75) is 20.8 Å². The van der Waals surface area contributed by atoms with Gasteiger partial charge < -0.3 is 11.1 Å². The minimum Gasteiger partial charge on any atom is -0.375 e. The van der Waals surface area contributed by atoms with Crippen molar-refractivity contribution in [3.05, 3.63) is 39.9 Å². The van der Waals surface area contributed by atoms with Crippen LogP contribution in [0, 0.1) is 20.8 Å². The summed E-state index contributed by atoms with van der Waals surface area (Å²) in [4.78, 5) is 16.7. The Balaban J connectivity index is 2.23. The molecule has 0 radical (unpaired) electrons. The molecule has 0 aliphatic carbocycles. The lowest BCUT2D eigenvalue weighted by molar-refractivity contribution is 0.103. The highest BCUT2D eigenvalue weighted by molar-refractivity contribution is 7.17. The summed E-state index contributed by atoms with van der Waals surface area (Å²) in [5.74, 6) is -0.160. The van der Waals surface area contributed by atoms with Gasteiger partial charge in [-0.25, -0.2) is 4.98 Å². The number of aryl methyl sites for hydroxylation is 3. The molecule has 1 aromatic carbocycles. The number of nitrogen functional groups attached to an aromatic ring is 1. The third-order valence-corrected chi connectivity index (χ3v) is 3.48. The van der Waals surface area contributed by atoms with Crippen molar-refractivity contribution >= 4 is 28.1 Å². The number of amides is 1. The SMILES string of the molecule is Cc1cc(C)cc(NC(=O)c2sc(N)nc2C)c1. The molecular formula is C13H15N3OS. The van der Waals surface area contributed by atoms with Crippen molar-refractivity contribution in [3.8, 4) is 0 Å². The fourth-order valence-electron chi connectivity index (χ4n) is 1.86. The Bertz CT molecular complexity index is 584. The quantitative estimate of drug-likeness (QED) is 0.873. The zero-order valence-corrected chi connectivity index (χ0v) is 11.4. The molecule has 94 valence electrons. The second-order valence-electron chi connectivity index (χ2n) is 4.30. The Labute approximate surface area is 110 Å². The van der Waals surface area contributed by atoms with Gasteiger partial charge in [-0.2, -0.15) is 0 Å². The molecule has 0 unspecified atom stereocenters. The van der Waals surface area contributed by atoms with E-state index in [0.717, 1.165) is 16.8 Å². The number of thiazole rings is 1. The van der Waals surface area contributed by atoms with E-state index in [4.69, 9.17) is 5.73 Å². The van der Waals surface area contributed by atoms with Crippen LogP contribution in [-0.4, -0.2) is 10.9 Å². The number of carbonyl (C=O) groups excluding carboxylic acids is 1. The number of nitrogens with two attached hydrogens (primary N) is 1. The monoisotopic (exact) mass is 261 g/mol. The standard InChI is InChI=1S/C13H15N3OS/c1-7-4-8(2)6-10(5-7)16-12(17)11-9(3)15-13(14)18-11/h4-6H,1-3H3,(H2,14,15)(H,16,17). The largest absolute Gasteiger partial charge is 0.375 e. The van der Waals surface area contributed by atoms with Crippen molar-refractivity contribution in [2.75, 3.05) is 11.1 Å².